The molecule has 2 unspecified atom stereocenters. The lowest BCUT2D eigenvalue weighted by Crippen LogP contribution is -2.66. The van der Waals surface area contributed by atoms with Crippen molar-refractivity contribution in [1.29, 1.82) is 0 Å². The van der Waals surface area contributed by atoms with Crippen LogP contribution in [0.1, 0.15) is 118 Å². The zero-order valence-corrected chi connectivity index (χ0v) is 34.6. The molecule has 11 heteroatoms. The Morgan fingerprint density at radius 3 is 1.52 bits per heavy atom. The predicted octanol–water partition coefficient (Wildman–Crippen LogP) is 9.98. The summed E-state index contributed by atoms with van der Waals surface area (Å²) in [6.07, 6.45) is 24.1. The molecule has 4 aromatic rings. The molecule has 2 atom stereocenters. The molecule has 58 heavy (non-hydrogen) atoms. The maximum Gasteiger partial charge on any atom is 0.223 e. The topological polar surface area (TPSA) is 142 Å². The van der Waals surface area contributed by atoms with Gasteiger partial charge in [-0.05, 0) is 147 Å². The predicted molar refractivity (Wildman–Crippen MR) is 237 cm³/mol. The molecule has 2 aromatic carbocycles. The van der Waals surface area contributed by atoms with Gasteiger partial charge in [-0.2, -0.15) is 0 Å². The van der Waals surface area contributed by atoms with Crippen LogP contribution in [0.25, 0.3) is 11.1 Å². The van der Waals surface area contributed by atoms with E-state index >= 15 is 0 Å². The van der Waals surface area contributed by atoms with Crippen LogP contribution in [-0.2, 0) is 12.8 Å². The third-order valence-corrected chi connectivity index (χ3v) is 15.0. The van der Waals surface area contributed by atoms with Crippen LogP contribution in [-0.4, -0.2) is 42.1 Å². The number of halogens is 3. The van der Waals surface area contributed by atoms with E-state index in [1.54, 1.807) is 6.20 Å². The monoisotopic (exact) mass is 836 g/mol. The number of nitrogens with two attached hydrogens (primary N) is 3. The lowest BCUT2D eigenvalue weighted by atomic mass is 9.50. The third-order valence-electron chi connectivity index (χ3n) is 14.3. The molecule has 0 radical (unpaired) electrons. The van der Waals surface area contributed by atoms with Crippen LogP contribution in [0.5, 0.6) is 0 Å². The Balaban J connectivity index is 0.000000123. The standard InChI is InChI=1S/C23H25ClN4.C13H8Cl2N2.C10H18N2.CH4/c24-19-12-26-21(27-20(19)18-6-5-16-3-1-2-4-17(16)18)28-23-10-14-7-15(11-23)9-22(25,8-14)13-23;14-11-7-16-13(15)17-12(11)10-6-5-8-3-1-2-4-9(8)10;11-9-2-7-1-8(4-9)5-10(12,3-7)6-9;/h1-4,6,12,14-15H,5,7-11,13,25H2,(H,26,27,28);1-4,6-7H,5H2;7-8H,1-6,11-12H2;1H4. The van der Waals surface area contributed by atoms with Crippen molar-refractivity contribution < 1.29 is 0 Å². The summed E-state index contributed by atoms with van der Waals surface area (Å²) in [4.78, 5) is 17.5. The molecule has 8 nitrogen and oxygen atoms in total. The van der Waals surface area contributed by atoms with E-state index in [1.807, 2.05) is 12.1 Å². The molecule has 0 spiro atoms. The Hall–Kier alpha value is -3.37. The van der Waals surface area contributed by atoms with Gasteiger partial charge < -0.3 is 22.5 Å². The van der Waals surface area contributed by atoms with E-state index in [4.69, 9.17) is 57.0 Å². The molecular formula is C47H55Cl3N8. The van der Waals surface area contributed by atoms with Crippen molar-refractivity contribution in [3.63, 3.8) is 0 Å². The maximum atomic E-state index is 6.76. The van der Waals surface area contributed by atoms with Gasteiger partial charge in [-0.3, -0.25) is 0 Å². The van der Waals surface area contributed by atoms with Crippen molar-refractivity contribution in [3.8, 4) is 0 Å². The Labute approximate surface area is 357 Å². The van der Waals surface area contributed by atoms with Crippen LogP contribution >= 0.6 is 34.8 Å². The summed E-state index contributed by atoms with van der Waals surface area (Å²) in [6, 6.07) is 16.7. The second kappa shape index (κ2) is 15.0. The number of aromatic nitrogens is 4. The highest BCUT2D eigenvalue weighted by Gasteiger charge is 2.57. The largest absolute Gasteiger partial charge is 0.349 e. The Morgan fingerprint density at radius 1 is 0.569 bits per heavy atom. The molecule has 10 aliphatic carbocycles. The van der Waals surface area contributed by atoms with Crippen LogP contribution in [0.3, 0.4) is 0 Å². The highest BCUT2D eigenvalue weighted by molar-refractivity contribution is 6.33. The Morgan fingerprint density at radius 2 is 1.02 bits per heavy atom. The quantitative estimate of drug-likeness (QED) is 0.149. The summed E-state index contributed by atoms with van der Waals surface area (Å²) < 4.78 is 0. The average molecular weight is 838 g/mol. The fourth-order valence-electron chi connectivity index (χ4n) is 13.3. The minimum Gasteiger partial charge on any atom is -0.349 e. The molecule has 7 N–H and O–H groups in total. The summed E-state index contributed by atoms with van der Waals surface area (Å²) in [5.74, 6) is 3.91. The van der Waals surface area contributed by atoms with Gasteiger partial charge in [-0.25, -0.2) is 19.9 Å². The number of anilines is 1. The van der Waals surface area contributed by atoms with Gasteiger partial charge >= 0.3 is 0 Å². The van der Waals surface area contributed by atoms with Crippen LogP contribution in [0, 0.1) is 23.7 Å². The fraction of sp³-hybridized carbons (Fsp3) is 0.489. The van der Waals surface area contributed by atoms with Gasteiger partial charge in [0.1, 0.15) is 0 Å². The number of nitrogens with zero attached hydrogens (tertiary/aromatic N) is 4. The molecule has 2 heterocycles. The lowest BCUT2D eigenvalue weighted by molar-refractivity contribution is -0.0173. The molecule has 2 aromatic heterocycles. The molecule has 0 amide bonds. The van der Waals surface area contributed by atoms with Crippen molar-refractivity contribution in [1.82, 2.24) is 19.9 Å². The molecule has 304 valence electrons. The van der Waals surface area contributed by atoms with Crippen molar-refractivity contribution in [2.24, 2.45) is 40.9 Å². The summed E-state index contributed by atoms with van der Waals surface area (Å²) in [7, 11) is 0. The maximum absolute atomic E-state index is 6.76. The van der Waals surface area contributed by atoms with Gasteiger partial charge in [0.15, 0.2) is 0 Å². The van der Waals surface area contributed by atoms with Crippen molar-refractivity contribution in [3.05, 3.63) is 122 Å². The normalized spacial score (nSPS) is 33.8. The smallest absolute Gasteiger partial charge is 0.223 e. The van der Waals surface area contributed by atoms with Crippen LogP contribution in [0.15, 0.2) is 73.1 Å². The van der Waals surface area contributed by atoms with Crippen LogP contribution in [0.4, 0.5) is 5.95 Å². The lowest BCUT2D eigenvalue weighted by Gasteiger charge is -2.61. The van der Waals surface area contributed by atoms with Gasteiger partial charge in [-0.1, -0.05) is 91.3 Å². The first-order valence-corrected chi connectivity index (χ1v) is 21.9. The average Bonchev–Trinajstić information content (AvgIpc) is 3.76. The molecule has 10 aliphatic rings. The number of nitrogens with one attached hydrogen (secondary N) is 1. The molecule has 8 saturated carbocycles. The van der Waals surface area contributed by atoms with Crippen LogP contribution < -0.4 is 22.5 Å². The molecule has 0 saturated heterocycles. The molecule has 14 rings (SSSR count). The van der Waals surface area contributed by atoms with E-state index in [1.165, 1.54) is 92.7 Å². The number of allylic oxidation sites excluding steroid dienone is 2. The summed E-state index contributed by atoms with van der Waals surface area (Å²) in [5, 5.41) is 5.09. The van der Waals surface area contributed by atoms with E-state index in [-0.39, 0.29) is 34.9 Å². The van der Waals surface area contributed by atoms with E-state index < -0.39 is 0 Å². The first-order valence-electron chi connectivity index (χ1n) is 20.8. The first-order chi connectivity index (χ1) is 27.3. The van der Waals surface area contributed by atoms with Crippen LogP contribution in [0.2, 0.25) is 15.3 Å². The van der Waals surface area contributed by atoms with E-state index in [0.717, 1.165) is 66.2 Å². The Kier molecular flexibility index (Phi) is 10.3. The molecule has 8 bridgehead atoms. The second-order valence-corrected chi connectivity index (χ2v) is 20.3. The summed E-state index contributed by atoms with van der Waals surface area (Å²) in [6.45, 7) is 0. The van der Waals surface area contributed by atoms with E-state index in [9.17, 15) is 0 Å². The van der Waals surface area contributed by atoms with Gasteiger partial charge in [0.05, 0.1) is 33.8 Å². The minimum absolute atomic E-state index is 0. The number of fused-ring (bicyclic) bond motifs is 2. The summed E-state index contributed by atoms with van der Waals surface area (Å²) >= 11 is 18.5. The molecule has 8 fully saturated rings. The SMILES string of the molecule is C.Clc1ncc(Cl)c(C2=CCc3ccccc32)n1.NC12CC3CC(C1)CC(N)(C3)C2.NC12CC3CC(C1)CC(Nc1ncc(Cl)c(C4=CCc5ccccc54)n1)(C3)C2. The van der Waals surface area contributed by atoms with Gasteiger partial charge in [0.25, 0.3) is 0 Å². The minimum atomic E-state index is -0.000735. The second-order valence-electron chi connectivity index (χ2n) is 19.1. The zero-order valence-electron chi connectivity index (χ0n) is 32.3. The highest BCUT2D eigenvalue weighted by Crippen LogP contribution is 2.58. The van der Waals surface area contributed by atoms with E-state index in [2.05, 4.69) is 68.8 Å². The van der Waals surface area contributed by atoms with Gasteiger partial charge in [0, 0.05) is 33.3 Å². The Bertz CT molecular complexity index is 2260. The number of rotatable bonds is 4. The number of hydrogen-bond donors (Lipinski definition) is 4. The molecule has 0 aliphatic heterocycles. The van der Waals surface area contributed by atoms with Gasteiger partial charge in [-0.15, -0.1) is 0 Å². The zero-order chi connectivity index (χ0) is 39.2. The number of benzene rings is 2. The first kappa shape index (κ1) is 40.1. The summed E-state index contributed by atoms with van der Waals surface area (Å²) in [5.41, 5.74) is 28.4. The van der Waals surface area contributed by atoms with Gasteiger partial charge in [0.2, 0.25) is 11.2 Å². The third kappa shape index (κ3) is 7.63. The fourth-order valence-corrected chi connectivity index (χ4v) is 13.8. The van der Waals surface area contributed by atoms with E-state index in [0.29, 0.717) is 21.7 Å². The molecular weight excluding hydrogens is 783 g/mol. The highest BCUT2D eigenvalue weighted by atomic mass is 35.5. The van der Waals surface area contributed by atoms with Crippen molar-refractivity contribution >= 4 is 51.9 Å². The van der Waals surface area contributed by atoms with Crippen molar-refractivity contribution in [2.75, 3.05) is 5.32 Å². The van der Waals surface area contributed by atoms with Crippen molar-refractivity contribution in [2.45, 2.75) is 119 Å². The number of hydrogen-bond acceptors (Lipinski definition) is 8.